The van der Waals surface area contributed by atoms with Crippen molar-refractivity contribution in [3.8, 4) is 0 Å². The van der Waals surface area contributed by atoms with Gasteiger partial charge in [0.1, 0.15) is 5.82 Å². The van der Waals surface area contributed by atoms with Crippen molar-refractivity contribution < 1.29 is 9.18 Å². The van der Waals surface area contributed by atoms with Gasteiger partial charge in [-0.05, 0) is 37.0 Å². The van der Waals surface area contributed by atoms with Crippen LogP contribution in [0.5, 0.6) is 0 Å². The van der Waals surface area contributed by atoms with Crippen LogP contribution < -0.4 is 5.73 Å². The highest BCUT2D eigenvalue weighted by Gasteiger charge is 2.26. The van der Waals surface area contributed by atoms with Crippen LogP contribution in [0.3, 0.4) is 0 Å². The van der Waals surface area contributed by atoms with Crippen molar-refractivity contribution in [1.82, 2.24) is 4.90 Å². The molecule has 0 bridgehead atoms. The van der Waals surface area contributed by atoms with Gasteiger partial charge in [-0.2, -0.15) is 0 Å². The van der Waals surface area contributed by atoms with E-state index in [-0.39, 0.29) is 11.6 Å². The van der Waals surface area contributed by atoms with Crippen molar-refractivity contribution in [2.75, 3.05) is 18.8 Å². The molecule has 0 radical (unpaired) electrons. The van der Waals surface area contributed by atoms with E-state index in [0.29, 0.717) is 17.0 Å². The molecule has 1 aliphatic rings. The van der Waals surface area contributed by atoms with Gasteiger partial charge in [0.05, 0.1) is 5.69 Å². The summed E-state index contributed by atoms with van der Waals surface area (Å²) in [4.78, 5) is 14.2. The minimum Gasteiger partial charge on any atom is -0.396 e. The second-order valence-electron chi connectivity index (χ2n) is 5.00. The van der Waals surface area contributed by atoms with E-state index in [9.17, 15) is 9.18 Å². The fourth-order valence-corrected chi connectivity index (χ4v) is 2.44. The Hall–Kier alpha value is -1.58. The maximum absolute atomic E-state index is 13.3. The Bertz CT molecular complexity index is 473. The second kappa shape index (κ2) is 4.96. The Kier molecular flexibility index (Phi) is 3.55. The summed E-state index contributed by atoms with van der Waals surface area (Å²) in [6.45, 7) is 5.46. The quantitative estimate of drug-likeness (QED) is 0.820. The normalized spacial score (nSPS) is 19.3. The summed E-state index contributed by atoms with van der Waals surface area (Å²) < 4.78 is 13.3. The molecule has 98 valence electrons. The SMILES string of the molecule is CCC1CCN(C(=O)c2cc(N)c(F)cc2C)C1. The van der Waals surface area contributed by atoms with Crippen molar-refractivity contribution in [2.45, 2.75) is 26.7 Å². The third kappa shape index (κ3) is 2.33. The van der Waals surface area contributed by atoms with Crippen LogP contribution in [-0.2, 0) is 0 Å². The van der Waals surface area contributed by atoms with Crippen LogP contribution in [0.15, 0.2) is 12.1 Å². The minimum atomic E-state index is -0.461. The largest absolute Gasteiger partial charge is 0.396 e. The standard InChI is InChI=1S/C14H19FN2O/c1-3-10-4-5-17(8-10)14(18)11-7-13(16)12(15)6-9(11)2/h6-7,10H,3-5,8,16H2,1-2H3. The molecule has 0 spiro atoms. The average Bonchev–Trinajstić information content (AvgIpc) is 2.81. The Morgan fingerprint density at radius 2 is 2.28 bits per heavy atom. The Morgan fingerprint density at radius 3 is 2.89 bits per heavy atom. The monoisotopic (exact) mass is 250 g/mol. The van der Waals surface area contributed by atoms with Crippen LogP contribution in [-0.4, -0.2) is 23.9 Å². The number of nitrogen functional groups attached to an aromatic ring is 1. The van der Waals surface area contributed by atoms with Gasteiger partial charge in [-0.1, -0.05) is 13.3 Å². The summed E-state index contributed by atoms with van der Waals surface area (Å²) in [5.74, 6) is 0.0964. The first-order chi connectivity index (χ1) is 8.52. The molecule has 1 aliphatic heterocycles. The van der Waals surface area contributed by atoms with Crippen LogP contribution in [0.1, 0.15) is 35.7 Å². The number of halogens is 1. The Balaban J connectivity index is 2.22. The molecule has 0 aromatic heterocycles. The fourth-order valence-electron chi connectivity index (χ4n) is 2.44. The fraction of sp³-hybridized carbons (Fsp3) is 0.500. The molecule has 0 aliphatic carbocycles. The highest BCUT2D eigenvalue weighted by Crippen LogP contribution is 2.24. The van der Waals surface area contributed by atoms with Gasteiger partial charge in [0.2, 0.25) is 0 Å². The zero-order valence-electron chi connectivity index (χ0n) is 10.9. The summed E-state index contributed by atoms with van der Waals surface area (Å²) >= 11 is 0. The number of anilines is 1. The van der Waals surface area contributed by atoms with Gasteiger partial charge in [-0.15, -0.1) is 0 Å². The number of rotatable bonds is 2. The first-order valence-electron chi connectivity index (χ1n) is 6.37. The van der Waals surface area contributed by atoms with E-state index in [1.807, 2.05) is 4.90 Å². The molecule has 1 unspecified atom stereocenters. The van der Waals surface area contributed by atoms with Crippen LogP contribution in [0.4, 0.5) is 10.1 Å². The van der Waals surface area contributed by atoms with Crippen molar-refractivity contribution in [1.29, 1.82) is 0 Å². The molecule has 2 N–H and O–H groups in total. The first-order valence-corrected chi connectivity index (χ1v) is 6.37. The predicted molar refractivity (Wildman–Crippen MR) is 69.9 cm³/mol. The molecular weight excluding hydrogens is 231 g/mol. The molecule has 1 saturated heterocycles. The number of carbonyl (C=O) groups excluding carboxylic acids is 1. The number of nitrogens with two attached hydrogens (primary N) is 1. The van der Waals surface area contributed by atoms with Gasteiger partial charge < -0.3 is 10.6 Å². The van der Waals surface area contributed by atoms with Gasteiger partial charge in [0.15, 0.2) is 0 Å². The Labute approximate surface area is 107 Å². The average molecular weight is 250 g/mol. The van der Waals surface area contributed by atoms with E-state index < -0.39 is 5.82 Å². The first kappa shape index (κ1) is 12.9. The number of benzene rings is 1. The molecule has 18 heavy (non-hydrogen) atoms. The molecule has 1 fully saturated rings. The number of nitrogens with zero attached hydrogens (tertiary/aromatic N) is 1. The number of hydrogen-bond donors (Lipinski definition) is 1. The van der Waals surface area contributed by atoms with E-state index in [1.54, 1.807) is 6.92 Å². The van der Waals surface area contributed by atoms with E-state index >= 15 is 0 Å². The van der Waals surface area contributed by atoms with Crippen molar-refractivity contribution in [3.05, 3.63) is 29.1 Å². The molecular formula is C14H19FN2O. The summed E-state index contributed by atoms with van der Waals surface area (Å²) in [6, 6.07) is 2.78. The lowest BCUT2D eigenvalue weighted by molar-refractivity contribution is 0.0786. The van der Waals surface area contributed by atoms with Gasteiger partial charge in [-0.25, -0.2) is 4.39 Å². The Morgan fingerprint density at radius 1 is 1.56 bits per heavy atom. The van der Waals surface area contributed by atoms with Gasteiger partial charge in [0, 0.05) is 18.7 Å². The maximum Gasteiger partial charge on any atom is 0.254 e. The van der Waals surface area contributed by atoms with Crippen LogP contribution in [0.2, 0.25) is 0 Å². The van der Waals surface area contributed by atoms with Gasteiger partial charge in [0.25, 0.3) is 5.91 Å². The van der Waals surface area contributed by atoms with E-state index in [0.717, 1.165) is 25.9 Å². The van der Waals surface area contributed by atoms with Crippen LogP contribution >= 0.6 is 0 Å². The number of likely N-dealkylation sites (tertiary alicyclic amines) is 1. The van der Waals surface area contributed by atoms with Crippen LogP contribution in [0.25, 0.3) is 0 Å². The van der Waals surface area contributed by atoms with E-state index in [2.05, 4.69) is 6.92 Å². The summed E-state index contributed by atoms with van der Waals surface area (Å²) in [5, 5.41) is 0. The topological polar surface area (TPSA) is 46.3 Å². The molecule has 1 heterocycles. The lowest BCUT2D eigenvalue weighted by Crippen LogP contribution is -2.29. The lowest BCUT2D eigenvalue weighted by atomic mass is 10.1. The molecule has 2 rings (SSSR count). The minimum absolute atomic E-state index is 0.0323. The van der Waals surface area contributed by atoms with Crippen molar-refractivity contribution in [2.24, 2.45) is 5.92 Å². The number of hydrogen-bond acceptors (Lipinski definition) is 2. The molecule has 1 atom stereocenters. The van der Waals surface area contributed by atoms with E-state index in [1.165, 1.54) is 12.1 Å². The molecule has 3 nitrogen and oxygen atoms in total. The molecule has 0 saturated carbocycles. The third-order valence-corrected chi connectivity index (χ3v) is 3.72. The summed E-state index contributed by atoms with van der Waals surface area (Å²) in [6.07, 6.45) is 2.15. The zero-order valence-corrected chi connectivity index (χ0v) is 10.9. The molecule has 1 aromatic rings. The van der Waals surface area contributed by atoms with Crippen molar-refractivity contribution >= 4 is 11.6 Å². The third-order valence-electron chi connectivity index (χ3n) is 3.72. The second-order valence-corrected chi connectivity index (χ2v) is 5.00. The lowest BCUT2D eigenvalue weighted by Gasteiger charge is -2.18. The number of carbonyl (C=O) groups is 1. The summed E-state index contributed by atoms with van der Waals surface area (Å²) in [5.41, 5.74) is 6.74. The molecule has 4 heteroatoms. The highest BCUT2D eigenvalue weighted by atomic mass is 19.1. The maximum atomic E-state index is 13.3. The van der Waals surface area contributed by atoms with E-state index in [4.69, 9.17) is 5.73 Å². The summed E-state index contributed by atoms with van der Waals surface area (Å²) in [7, 11) is 0. The zero-order chi connectivity index (χ0) is 13.3. The smallest absolute Gasteiger partial charge is 0.254 e. The van der Waals surface area contributed by atoms with Gasteiger partial charge >= 0.3 is 0 Å². The highest BCUT2D eigenvalue weighted by molar-refractivity contribution is 5.96. The number of amides is 1. The molecule has 1 aromatic carbocycles. The molecule has 1 amide bonds. The van der Waals surface area contributed by atoms with Crippen LogP contribution in [0, 0.1) is 18.7 Å². The van der Waals surface area contributed by atoms with Gasteiger partial charge in [-0.3, -0.25) is 4.79 Å². The predicted octanol–water partition coefficient (Wildman–Crippen LogP) is 2.59. The van der Waals surface area contributed by atoms with Crippen molar-refractivity contribution in [3.63, 3.8) is 0 Å². The number of aryl methyl sites for hydroxylation is 1.